The van der Waals surface area contributed by atoms with E-state index in [1.807, 2.05) is 0 Å². The van der Waals surface area contributed by atoms with Crippen molar-refractivity contribution in [3.63, 3.8) is 0 Å². The summed E-state index contributed by atoms with van der Waals surface area (Å²) >= 11 is 0. The highest BCUT2D eigenvalue weighted by Gasteiger charge is 2.44. The molecule has 0 heterocycles. The Morgan fingerprint density at radius 2 is 1.57 bits per heavy atom. The van der Waals surface area contributed by atoms with Crippen molar-refractivity contribution in [1.82, 2.24) is 4.90 Å². The molecule has 0 unspecified atom stereocenters. The average Bonchev–Trinajstić information content (AvgIpc) is 2.98. The van der Waals surface area contributed by atoms with Crippen LogP contribution >= 0.6 is 0 Å². The zero-order valence-corrected chi connectivity index (χ0v) is 13.5. The molecule has 2 N–H and O–H groups in total. The van der Waals surface area contributed by atoms with Gasteiger partial charge in [0.05, 0.1) is 0 Å². The van der Waals surface area contributed by atoms with E-state index in [-0.39, 0.29) is 5.54 Å². The van der Waals surface area contributed by atoms with E-state index in [0.717, 1.165) is 13.1 Å². The van der Waals surface area contributed by atoms with E-state index in [1.54, 1.807) is 0 Å². The third-order valence-electron chi connectivity index (χ3n) is 6.36. The molecule has 116 valence electrons. The van der Waals surface area contributed by atoms with E-state index >= 15 is 0 Å². The maximum Gasteiger partial charge on any atom is 0.0332 e. The van der Waals surface area contributed by atoms with Crippen LogP contribution in [0.1, 0.15) is 56.9 Å². The topological polar surface area (TPSA) is 29.3 Å². The van der Waals surface area contributed by atoms with Crippen molar-refractivity contribution in [2.75, 3.05) is 13.6 Å². The molecule has 2 nitrogen and oxygen atoms in total. The van der Waals surface area contributed by atoms with Gasteiger partial charge in [-0.05, 0) is 56.6 Å². The molecule has 0 atom stereocenters. The first-order valence-corrected chi connectivity index (χ1v) is 8.63. The molecule has 0 saturated heterocycles. The third-order valence-corrected chi connectivity index (χ3v) is 6.36. The van der Waals surface area contributed by atoms with Crippen LogP contribution in [0.15, 0.2) is 30.3 Å². The van der Waals surface area contributed by atoms with Gasteiger partial charge in [0, 0.05) is 18.6 Å². The van der Waals surface area contributed by atoms with Crippen LogP contribution in [0, 0.1) is 5.41 Å². The lowest BCUT2D eigenvalue weighted by molar-refractivity contribution is 0.0258. The Hall–Kier alpha value is -0.860. The summed E-state index contributed by atoms with van der Waals surface area (Å²) in [6.45, 7) is 1.82. The summed E-state index contributed by atoms with van der Waals surface area (Å²) in [6.07, 6.45) is 11.2. The molecule has 1 aromatic rings. The highest BCUT2D eigenvalue weighted by molar-refractivity contribution is 5.15. The van der Waals surface area contributed by atoms with Crippen LogP contribution in [0.2, 0.25) is 0 Å². The lowest BCUT2D eigenvalue weighted by Crippen LogP contribution is -2.54. The first kappa shape index (κ1) is 15.1. The summed E-state index contributed by atoms with van der Waals surface area (Å²) < 4.78 is 0. The monoisotopic (exact) mass is 286 g/mol. The highest BCUT2D eigenvalue weighted by Crippen LogP contribution is 2.52. The van der Waals surface area contributed by atoms with E-state index in [2.05, 4.69) is 42.3 Å². The van der Waals surface area contributed by atoms with Crippen LogP contribution in [-0.2, 0) is 6.54 Å². The Morgan fingerprint density at radius 1 is 0.952 bits per heavy atom. The molecule has 0 bridgehead atoms. The average molecular weight is 286 g/mol. The molecule has 2 aliphatic carbocycles. The molecule has 0 aliphatic heterocycles. The van der Waals surface area contributed by atoms with Crippen LogP contribution in [0.3, 0.4) is 0 Å². The molecular weight excluding hydrogens is 256 g/mol. The van der Waals surface area contributed by atoms with E-state index in [9.17, 15) is 0 Å². The Morgan fingerprint density at radius 3 is 2.14 bits per heavy atom. The summed E-state index contributed by atoms with van der Waals surface area (Å²) in [4.78, 5) is 2.53. The summed E-state index contributed by atoms with van der Waals surface area (Å²) in [5.41, 5.74) is 8.55. The van der Waals surface area contributed by atoms with E-state index in [4.69, 9.17) is 5.73 Å². The smallest absolute Gasteiger partial charge is 0.0332 e. The fraction of sp³-hybridized carbons (Fsp3) is 0.684. The standard InChI is InChI=1S/C19H30N2/c1-21(15-17-7-3-2-4-8-17)19(16-20)13-11-18(12-14-19)9-5-6-10-18/h2-4,7-8H,5-6,9-16,20H2,1H3. The van der Waals surface area contributed by atoms with E-state index in [1.165, 1.54) is 56.9 Å². The largest absolute Gasteiger partial charge is 0.329 e. The summed E-state index contributed by atoms with van der Waals surface area (Å²) in [5, 5.41) is 0. The number of hydrogen-bond acceptors (Lipinski definition) is 2. The molecule has 2 aliphatic rings. The zero-order chi connectivity index (χ0) is 14.8. The fourth-order valence-corrected chi connectivity index (χ4v) is 4.64. The third kappa shape index (κ3) is 3.02. The molecule has 2 saturated carbocycles. The number of nitrogens with two attached hydrogens (primary N) is 1. The Labute approximate surface area is 129 Å². The molecule has 0 radical (unpaired) electrons. The molecule has 2 heteroatoms. The Bertz CT molecular complexity index is 438. The van der Waals surface area contributed by atoms with Crippen LogP contribution in [0.25, 0.3) is 0 Å². The Balaban J connectivity index is 1.66. The zero-order valence-electron chi connectivity index (χ0n) is 13.5. The summed E-state index contributed by atoms with van der Waals surface area (Å²) in [6, 6.07) is 10.8. The van der Waals surface area contributed by atoms with Gasteiger partial charge in [0.15, 0.2) is 0 Å². The van der Waals surface area contributed by atoms with Crippen LogP contribution in [0.5, 0.6) is 0 Å². The molecule has 0 amide bonds. The van der Waals surface area contributed by atoms with E-state index in [0.29, 0.717) is 5.41 Å². The van der Waals surface area contributed by atoms with Crippen molar-refractivity contribution >= 4 is 0 Å². The first-order chi connectivity index (χ1) is 10.2. The minimum absolute atomic E-state index is 0.226. The van der Waals surface area contributed by atoms with Gasteiger partial charge in [-0.15, -0.1) is 0 Å². The molecular formula is C19H30N2. The highest BCUT2D eigenvalue weighted by atomic mass is 15.2. The van der Waals surface area contributed by atoms with Gasteiger partial charge in [0.2, 0.25) is 0 Å². The van der Waals surface area contributed by atoms with Gasteiger partial charge in [-0.3, -0.25) is 4.90 Å². The first-order valence-electron chi connectivity index (χ1n) is 8.63. The van der Waals surface area contributed by atoms with Crippen LogP contribution in [0.4, 0.5) is 0 Å². The molecule has 1 aromatic carbocycles. The normalized spacial score (nSPS) is 23.8. The molecule has 21 heavy (non-hydrogen) atoms. The Kier molecular flexibility index (Phi) is 4.37. The molecule has 1 spiro atoms. The number of nitrogens with zero attached hydrogens (tertiary/aromatic N) is 1. The quantitative estimate of drug-likeness (QED) is 0.908. The van der Waals surface area contributed by atoms with Crippen LogP contribution < -0.4 is 5.73 Å². The van der Waals surface area contributed by atoms with Gasteiger partial charge in [-0.1, -0.05) is 43.2 Å². The van der Waals surface area contributed by atoms with Gasteiger partial charge in [-0.2, -0.15) is 0 Å². The number of likely N-dealkylation sites (N-methyl/N-ethyl adjacent to an activating group) is 1. The number of rotatable bonds is 4. The second-order valence-electron chi connectivity index (χ2n) is 7.48. The molecule has 3 rings (SSSR count). The second kappa shape index (κ2) is 6.10. The van der Waals surface area contributed by atoms with Crippen molar-refractivity contribution in [3.05, 3.63) is 35.9 Å². The van der Waals surface area contributed by atoms with Crippen LogP contribution in [-0.4, -0.2) is 24.0 Å². The summed E-state index contributed by atoms with van der Waals surface area (Å²) in [5.74, 6) is 0. The van der Waals surface area contributed by atoms with Crippen molar-refractivity contribution in [1.29, 1.82) is 0 Å². The minimum Gasteiger partial charge on any atom is -0.329 e. The van der Waals surface area contributed by atoms with Crippen molar-refractivity contribution < 1.29 is 0 Å². The number of hydrogen-bond donors (Lipinski definition) is 1. The fourth-order valence-electron chi connectivity index (χ4n) is 4.64. The van der Waals surface area contributed by atoms with Gasteiger partial charge in [-0.25, -0.2) is 0 Å². The minimum atomic E-state index is 0.226. The van der Waals surface area contributed by atoms with Gasteiger partial charge >= 0.3 is 0 Å². The van der Waals surface area contributed by atoms with Gasteiger partial charge < -0.3 is 5.73 Å². The molecule has 0 aromatic heterocycles. The second-order valence-corrected chi connectivity index (χ2v) is 7.48. The van der Waals surface area contributed by atoms with E-state index < -0.39 is 0 Å². The predicted molar refractivity (Wildman–Crippen MR) is 89.1 cm³/mol. The van der Waals surface area contributed by atoms with Gasteiger partial charge in [0.25, 0.3) is 0 Å². The molecule has 2 fully saturated rings. The maximum atomic E-state index is 6.24. The van der Waals surface area contributed by atoms with Crippen molar-refractivity contribution in [2.24, 2.45) is 11.1 Å². The lowest BCUT2D eigenvalue weighted by Gasteiger charge is -2.49. The van der Waals surface area contributed by atoms with Crippen molar-refractivity contribution in [3.8, 4) is 0 Å². The summed E-state index contributed by atoms with van der Waals surface area (Å²) in [7, 11) is 2.27. The maximum absolute atomic E-state index is 6.24. The SMILES string of the molecule is CN(Cc1ccccc1)C1(CN)CCC2(CCCC2)CC1. The lowest BCUT2D eigenvalue weighted by atomic mass is 9.66. The number of benzene rings is 1. The predicted octanol–water partition coefficient (Wildman–Crippen LogP) is 3.95. The van der Waals surface area contributed by atoms with Crippen molar-refractivity contribution in [2.45, 2.75) is 63.5 Å². The van der Waals surface area contributed by atoms with Gasteiger partial charge in [0.1, 0.15) is 0 Å².